The number of nitrogens with zero attached hydrogens (tertiary/aromatic N) is 3. The average molecular weight is 434 g/mol. The molecule has 8 heteroatoms. The molecule has 32 heavy (non-hydrogen) atoms. The zero-order valence-corrected chi connectivity index (χ0v) is 18.3. The van der Waals surface area contributed by atoms with E-state index in [0.29, 0.717) is 54.5 Å². The number of furan rings is 1. The average Bonchev–Trinajstić information content (AvgIpc) is 3.48. The lowest BCUT2D eigenvalue weighted by atomic mass is 9.99. The molecule has 2 aromatic carbocycles. The van der Waals surface area contributed by atoms with Crippen molar-refractivity contribution in [2.75, 3.05) is 13.2 Å². The third-order valence-corrected chi connectivity index (χ3v) is 5.33. The van der Waals surface area contributed by atoms with Gasteiger partial charge in [-0.2, -0.15) is 0 Å². The minimum Gasteiger partial charge on any atom is -0.489 e. The molecule has 0 aliphatic carbocycles. The number of hydrogen-bond acceptors (Lipinski definition) is 7. The van der Waals surface area contributed by atoms with Crippen molar-refractivity contribution in [3.05, 3.63) is 65.2 Å². The quantitative estimate of drug-likeness (QED) is 0.274. The van der Waals surface area contributed by atoms with E-state index in [2.05, 4.69) is 32.8 Å². The molecule has 0 fully saturated rings. The summed E-state index contributed by atoms with van der Waals surface area (Å²) in [6.07, 6.45) is 4.65. The van der Waals surface area contributed by atoms with E-state index in [9.17, 15) is 4.79 Å². The number of aryl methyl sites for hydroxylation is 3. The van der Waals surface area contributed by atoms with Gasteiger partial charge in [0, 0.05) is 11.8 Å². The summed E-state index contributed by atoms with van der Waals surface area (Å²) in [6, 6.07) is 12.1. The number of hydrogen-bond donors (Lipinski definition) is 1. The summed E-state index contributed by atoms with van der Waals surface area (Å²) in [6.45, 7) is 4.31. The number of rotatable bonds is 11. The van der Waals surface area contributed by atoms with Gasteiger partial charge < -0.3 is 13.9 Å². The molecule has 0 unspecified atom stereocenters. The van der Waals surface area contributed by atoms with E-state index < -0.39 is 0 Å². The summed E-state index contributed by atoms with van der Waals surface area (Å²) in [5, 5.41) is 14.6. The van der Waals surface area contributed by atoms with Crippen LogP contribution in [0.5, 0.6) is 11.5 Å². The number of carbonyl (C=O) groups excluding carboxylic acids is 1. The summed E-state index contributed by atoms with van der Waals surface area (Å²) in [7, 11) is 0. The van der Waals surface area contributed by atoms with Crippen molar-refractivity contribution in [1.82, 2.24) is 20.6 Å². The molecule has 0 aliphatic rings. The predicted molar refractivity (Wildman–Crippen MR) is 119 cm³/mol. The molecule has 2 heterocycles. The van der Waals surface area contributed by atoms with E-state index in [-0.39, 0.29) is 5.78 Å². The maximum absolute atomic E-state index is 12.5. The number of aromatic amines is 1. The van der Waals surface area contributed by atoms with Crippen molar-refractivity contribution >= 4 is 16.8 Å². The summed E-state index contributed by atoms with van der Waals surface area (Å²) in [5.74, 6) is 1.53. The Bertz CT molecular complexity index is 1170. The van der Waals surface area contributed by atoms with Crippen LogP contribution < -0.4 is 9.47 Å². The maximum atomic E-state index is 12.5. The highest BCUT2D eigenvalue weighted by atomic mass is 16.5. The Morgan fingerprint density at radius 2 is 1.78 bits per heavy atom. The monoisotopic (exact) mass is 434 g/mol. The molecule has 8 nitrogen and oxygen atoms in total. The zero-order chi connectivity index (χ0) is 22.3. The van der Waals surface area contributed by atoms with Crippen LogP contribution in [-0.4, -0.2) is 39.6 Å². The number of benzene rings is 2. The van der Waals surface area contributed by atoms with Crippen molar-refractivity contribution in [2.45, 2.75) is 39.5 Å². The van der Waals surface area contributed by atoms with E-state index >= 15 is 0 Å². The van der Waals surface area contributed by atoms with Crippen LogP contribution in [0, 0.1) is 6.92 Å². The third-order valence-electron chi connectivity index (χ3n) is 5.33. The minimum atomic E-state index is -0.0748. The number of fused-ring (bicyclic) bond motifs is 1. The van der Waals surface area contributed by atoms with Crippen molar-refractivity contribution in [3.63, 3.8) is 0 Å². The van der Waals surface area contributed by atoms with Gasteiger partial charge in [0.25, 0.3) is 0 Å². The van der Waals surface area contributed by atoms with Crippen molar-refractivity contribution in [2.24, 2.45) is 0 Å². The fourth-order valence-electron chi connectivity index (χ4n) is 3.79. The summed E-state index contributed by atoms with van der Waals surface area (Å²) >= 11 is 0. The van der Waals surface area contributed by atoms with E-state index in [1.54, 1.807) is 13.2 Å². The van der Waals surface area contributed by atoms with Crippen molar-refractivity contribution < 1.29 is 18.7 Å². The molecular formula is C24H26N4O4. The lowest BCUT2D eigenvalue weighted by molar-refractivity contribution is 0.101. The van der Waals surface area contributed by atoms with Gasteiger partial charge in [-0.3, -0.25) is 4.79 Å². The van der Waals surface area contributed by atoms with Crippen LogP contribution in [0.25, 0.3) is 11.0 Å². The molecule has 0 aliphatic heterocycles. The first-order chi connectivity index (χ1) is 15.6. The maximum Gasteiger partial charge on any atom is 0.205 e. The van der Waals surface area contributed by atoms with Crippen molar-refractivity contribution in [3.8, 4) is 11.5 Å². The van der Waals surface area contributed by atoms with Gasteiger partial charge in [-0.1, -0.05) is 30.3 Å². The van der Waals surface area contributed by atoms with E-state index in [4.69, 9.17) is 13.9 Å². The topological polar surface area (TPSA) is 103 Å². The normalized spacial score (nSPS) is 11.1. The molecule has 0 bridgehead atoms. The highest BCUT2D eigenvalue weighted by molar-refractivity contribution is 6.05. The number of carbonyl (C=O) groups is 1. The Hall–Kier alpha value is -3.68. The predicted octanol–water partition coefficient (Wildman–Crippen LogP) is 4.48. The summed E-state index contributed by atoms with van der Waals surface area (Å²) in [5.41, 5.74) is 3.21. The number of H-pyrrole nitrogens is 1. The summed E-state index contributed by atoms with van der Waals surface area (Å²) in [4.78, 5) is 12.5. The number of ketones is 1. The van der Waals surface area contributed by atoms with Crippen LogP contribution in [0.2, 0.25) is 0 Å². The number of nitrogens with one attached hydrogen (secondary N) is 1. The van der Waals surface area contributed by atoms with E-state index in [0.717, 1.165) is 23.8 Å². The van der Waals surface area contributed by atoms with Gasteiger partial charge in [0.1, 0.15) is 5.82 Å². The summed E-state index contributed by atoms with van der Waals surface area (Å²) < 4.78 is 18.0. The van der Waals surface area contributed by atoms with Crippen LogP contribution in [0.3, 0.4) is 0 Å². The van der Waals surface area contributed by atoms with Gasteiger partial charge in [0.05, 0.1) is 25.0 Å². The number of aromatic nitrogens is 4. The molecule has 0 saturated heterocycles. The Labute approximate surface area is 185 Å². The first-order valence-corrected chi connectivity index (χ1v) is 10.7. The molecule has 0 amide bonds. The van der Waals surface area contributed by atoms with Crippen LogP contribution in [0.15, 0.2) is 47.1 Å². The minimum absolute atomic E-state index is 0.0748. The van der Waals surface area contributed by atoms with Crippen LogP contribution in [-0.2, 0) is 12.8 Å². The fourth-order valence-corrected chi connectivity index (χ4v) is 3.79. The standard InChI is InChI=1S/C24H26N4O4/c1-16-19-12-15-32-22(19)24(31-13-6-10-18-8-4-3-5-9-18)23(21(16)17(2)29)30-14-7-11-20-25-27-28-26-20/h3-5,8-9,12,15H,6-7,10-11,13-14H2,1-2H3,(H,25,26,27,28). The Balaban J connectivity index is 1.53. The largest absolute Gasteiger partial charge is 0.489 e. The molecule has 2 aromatic heterocycles. The molecule has 0 radical (unpaired) electrons. The Kier molecular flexibility index (Phi) is 6.79. The molecule has 166 valence electrons. The Morgan fingerprint density at radius 3 is 2.50 bits per heavy atom. The SMILES string of the molecule is CC(=O)c1c(OCCCc2nnn[nH]2)c(OCCCc2ccccc2)c2occc2c1C. The molecule has 4 aromatic rings. The first-order valence-electron chi connectivity index (χ1n) is 10.7. The molecular weight excluding hydrogens is 408 g/mol. The lowest BCUT2D eigenvalue weighted by Gasteiger charge is -2.18. The van der Waals surface area contributed by atoms with Crippen LogP contribution >= 0.6 is 0 Å². The van der Waals surface area contributed by atoms with Gasteiger partial charge in [0.15, 0.2) is 17.1 Å². The Morgan fingerprint density at radius 1 is 1.03 bits per heavy atom. The highest BCUT2D eigenvalue weighted by Gasteiger charge is 2.24. The second-order valence-electron chi connectivity index (χ2n) is 7.62. The smallest absolute Gasteiger partial charge is 0.205 e. The number of ether oxygens (including phenoxy) is 2. The fraction of sp³-hybridized carbons (Fsp3) is 0.333. The van der Waals surface area contributed by atoms with Crippen LogP contribution in [0.1, 0.15) is 47.1 Å². The number of tetrazole rings is 1. The zero-order valence-electron chi connectivity index (χ0n) is 18.3. The van der Waals surface area contributed by atoms with Crippen molar-refractivity contribution in [1.29, 1.82) is 0 Å². The van der Waals surface area contributed by atoms with Crippen LogP contribution in [0.4, 0.5) is 0 Å². The number of Topliss-reactive ketones (excluding diaryl/α,β-unsaturated/α-hetero) is 1. The molecule has 4 rings (SSSR count). The molecule has 0 atom stereocenters. The third kappa shape index (κ3) is 4.80. The first kappa shape index (κ1) is 21.5. The molecule has 0 spiro atoms. The second-order valence-corrected chi connectivity index (χ2v) is 7.62. The lowest BCUT2D eigenvalue weighted by Crippen LogP contribution is -2.10. The highest BCUT2D eigenvalue weighted by Crippen LogP contribution is 2.43. The molecule has 0 saturated carbocycles. The molecule has 1 N–H and O–H groups in total. The van der Waals surface area contributed by atoms with Gasteiger partial charge in [0.2, 0.25) is 5.75 Å². The van der Waals surface area contributed by atoms with Gasteiger partial charge >= 0.3 is 0 Å². The van der Waals surface area contributed by atoms with E-state index in [1.807, 2.05) is 31.2 Å². The van der Waals surface area contributed by atoms with Gasteiger partial charge in [-0.15, -0.1) is 5.10 Å². The second kappa shape index (κ2) is 10.1. The van der Waals surface area contributed by atoms with Gasteiger partial charge in [-0.05, 0) is 60.7 Å². The van der Waals surface area contributed by atoms with Gasteiger partial charge in [-0.25, -0.2) is 5.10 Å². The van der Waals surface area contributed by atoms with E-state index in [1.165, 1.54) is 5.56 Å².